The van der Waals surface area contributed by atoms with Crippen molar-refractivity contribution in [2.75, 3.05) is 29.8 Å². The fourth-order valence-corrected chi connectivity index (χ4v) is 5.69. The van der Waals surface area contributed by atoms with Crippen LogP contribution in [0.25, 0.3) is 0 Å². The number of benzene rings is 2. The highest BCUT2D eigenvalue weighted by atomic mass is 35.5. The van der Waals surface area contributed by atoms with Crippen molar-refractivity contribution in [3.63, 3.8) is 0 Å². The van der Waals surface area contributed by atoms with Crippen LogP contribution < -0.4 is 19.1 Å². The van der Waals surface area contributed by atoms with Gasteiger partial charge in [0, 0.05) is 34.3 Å². The van der Waals surface area contributed by atoms with Crippen LogP contribution in [0.1, 0.15) is 46.1 Å². The monoisotopic (exact) mass is 599 g/mol. The molecule has 3 rings (SSSR count). The van der Waals surface area contributed by atoms with Crippen LogP contribution in [0.15, 0.2) is 36.4 Å². The number of halogens is 2. The lowest BCUT2D eigenvalue weighted by Crippen LogP contribution is -2.53. The van der Waals surface area contributed by atoms with Crippen LogP contribution in [0.2, 0.25) is 10.0 Å². The Morgan fingerprint density at radius 1 is 1.00 bits per heavy atom. The van der Waals surface area contributed by atoms with Crippen LogP contribution in [0.4, 0.5) is 5.69 Å². The maximum Gasteiger partial charge on any atom is 0.244 e. The highest BCUT2D eigenvalue weighted by Gasteiger charge is 2.34. The topological polar surface area (TPSA) is 105 Å². The molecule has 0 aromatic heterocycles. The first-order valence-electron chi connectivity index (χ1n) is 12.9. The van der Waals surface area contributed by atoms with Crippen molar-refractivity contribution >= 4 is 50.7 Å². The minimum atomic E-state index is -3.90. The van der Waals surface area contributed by atoms with Crippen molar-refractivity contribution in [3.8, 4) is 11.5 Å². The fourth-order valence-electron chi connectivity index (χ4n) is 4.12. The molecule has 0 saturated carbocycles. The van der Waals surface area contributed by atoms with E-state index in [1.54, 1.807) is 37.3 Å². The molecule has 12 heteroatoms. The number of hydrogen-bond donors (Lipinski definition) is 1. The average Bonchev–Trinajstić information content (AvgIpc) is 2.92. The number of nitrogens with zero attached hydrogens (tertiary/aromatic N) is 2. The molecule has 2 amide bonds. The third kappa shape index (κ3) is 7.49. The Morgan fingerprint density at radius 3 is 2.23 bits per heavy atom. The van der Waals surface area contributed by atoms with Crippen LogP contribution in [-0.2, 0) is 26.2 Å². The predicted molar refractivity (Wildman–Crippen MR) is 153 cm³/mol. The van der Waals surface area contributed by atoms with Crippen LogP contribution in [0.3, 0.4) is 0 Å². The second kappa shape index (κ2) is 13.6. The molecule has 0 fully saturated rings. The van der Waals surface area contributed by atoms with Gasteiger partial charge in [0.05, 0.1) is 11.4 Å². The number of amides is 2. The molecule has 1 aliphatic heterocycles. The SMILES string of the molecule is CC[C@@H](C)NC(=O)[C@@H](CC)N(Cc1c(Cl)cccc1Cl)C(=O)CN(c1ccc2c(c1)OCCO2)S(=O)(=O)CC. The number of hydrogen-bond acceptors (Lipinski definition) is 6. The van der Waals surface area contributed by atoms with Gasteiger partial charge in [0.1, 0.15) is 25.8 Å². The lowest BCUT2D eigenvalue weighted by atomic mass is 10.1. The van der Waals surface area contributed by atoms with Gasteiger partial charge in [-0.1, -0.05) is 43.1 Å². The Balaban J connectivity index is 2.02. The first-order chi connectivity index (χ1) is 18.5. The van der Waals surface area contributed by atoms with E-state index in [0.29, 0.717) is 53.2 Å². The number of anilines is 1. The van der Waals surface area contributed by atoms with Crippen LogP contribution in [0.5, 0.6) is 11.5 Å². The zero-order chi connectivity index (χ0) is 28.7. The Kier molecular flexibility index (Phi) is 10.7. The summed E-state index contributed by atoms with van der Waals surface area (Å²) < 4.78 is 38.6. The standard InChI is InChI=1S/C27H35Cl2N3O6S/c1-5-18(4)30-27(34)23(6-2)31(16-20-21(28)9-8-10-22(20)29)26(33)17-32(39(35,36)7-3)19-11-12-24-25(15-19)38-14-13-37-24/h8-12,15,18,23H,5-7,13-14,16-17H2,1-4H3,(H,30,34)/t18-,23-/m1/s1. The van der Waals surface area contributed by atoms with Gasteiger partial charge in [-0.2, -0.15) is 0 Å². The predicted octanol–water partition coefficient (Wildman–Crippen LogP) is 4.64. The van der Waals surface area contributed by atoms with Crippen molar-refractivity contribution in [1.82, 2.24) is 10.2 Å². The van der Waals surface area contributed by atoms with Crippen LogP contribution in [-0.4, -0.2) is 62.7 Å². The summed E-state index contributed by atoms with van der Waals surface area (Å²) in [5, 5.41) is 3.60. The van der Waals surface area contributed by atoms with E-state index in [1.807, 2.05) is 13.8 Å². The lowest BCUT2D eigenvalue weighted by molar-refractivity contribution is -0.140. The first kappa shape index (κ1) is 30.8. The lowest BCUT2D eigenvalue weighted by Gasteiger charge is -2.34. The molecule has 1 N–H and O–H groups in total. The summed E-state index contributed by atoms with van der Waals surface area (Å²) in [4.78, 5) is 28.6. The highest BCUT2D eigenvalue weighted by Crippen LogP contribution is 2.35. The third-order valence-corrected chi connectivity index (χ3v) is 9.02. The summed E-state index contributed by atoms with van der Waals surface area (Å²) in [6.45, 7) is 7.20. The summed E-state index contributed by atoms with van der Waals surface area (Å²) in [5.74, 6) is -0.275. The largest absolute Gasteiger partial charge is 0.486 e. The molecule has 0 bridgehead atoms. The van der Waals surface area contributed by atoms with Crippen molar-refractivity contribution in [2.45, 2.75) is 59.2 Å². The second-order valence-corrected chi connectivity index (χ2v) is 12.2. The molecule has 2 aromatic rings. The summed E-state index contributed by atoms with van der Waals surface area (Å²) in [6.07, 6.45) is 1.000. The molecule has 0 aliphatic carbocycles. The van der Waals surface area contributed by atoms with E-state index in [-0.39, 0.29) is 29.9 Å². The molecule has 0 spiro atoms. The molecular weight excluding hydrogens is 565 g/mol. The number of nitrogens with one attached hydrogen (secondary N) is 1. The Morgan fingerprint density at radius 2 is 1.64 bits per heavy atom. The zero-order valence-corrected chi connectivity index (χ0v) is 24.9. The number of carbonyl (C=O) groups is 2. The molecule has 0 radical (unpaired) electrons. The van der Waals surface area contributed by atoms with E-state index in [0.717, 1.165) is 4.31 Å². The van der Waals surface area contributed by atoms with Crippen molar-refractivity contribution in [2.24, 2.45) is 0 Å². The van der Waals surface area contributed by atoms with Crippen molar-refractivity contribution in [3.05, 3.63) is 52.0 Å². The Labute approximate surface area is 240 Å². The van der Waals surface area contributed by atoms with E-state index in [2.05, 4.69) is 5.32 Å². The number of ether oxygens (including phenoxy) is 2. The van der Waals surface area contributed by atoms with Gasteiger partial charge in [0.2, 0.25) is 21.8 Å². The molecule has 9 nitrogen and oxygen atoms in total. The van der Waals surface area contributed by atoms with Crippen molar-refractivity contribution in [1.29, 1.82) is 0 Å². The molecule has 0 saturated heterocycles. The molecule has 2 aromatic carbocycles. The van der Waals surface area contributed by atoms with E-state index >= 15 is 0 Å². The van der Waals surface area contributed by atoms with Gasteiger partial charge in [-0.3, -0.25) is 13.9 Å². The van der Waals surface area contributed by atoms with Gasteiger partial charge in [-0.15, -0.1) is 0 Å². The van der Waals surface area contributed by atoms with Crippen molar-refractivity contribution < 1.29 is 27.5 Å². The fraction of sp³-hybridized carbons (Fsp3) is 0.481. The smallest absolute Gasteiger partial charge is 0.244 e. The van der Waals surface area contributed by atoms with Crippen LogP contribution >= 0.6 is 23.2 Å². The molecule has 214 valence electrons. The Hall–Kier alpha value is -2.69. The van der Waals surface area contributed by atoms with E-state index < -0.39 is 28.5 Å². The molecule has 39 heavy (non-hydrogen) atoms. The average molecular weight is 601 g/mol. The maximum atomic E-state index is 14.0. The molecule has 0 unspecified atom stereocenters. The quantitative estimate of drug-likeness (QED) is 0.381. The number of rotatable bonds is 12. The zero-order valence-electron chi connectivity index (χ0n) is 22.6. The summed E-state index contributed by atoms with van der Waals surface area (Å²) in [7, 11) is -3.90. The molecule has 2 atom stereocenters. The summed E-state index contributed by atoms with van der Waals surface area (Å²) in [6, 6.07) is 8.70. The third-order valence-electron chi connectivity index (χ3n) is 6.57. The molecule has 1 aliphatic rings. The summed E-state index contributed by atoms with van der Waals surface area (Å²) >= 11 is 12.8. The minimum absolute atomic E-state index is 0.0784. The first-order valence-corrected chi connectivity index (χ1v) is 15.3. The van der Waals surface area contributed by atoms with Gasteiger partial charge >= 0.3 is 0 Å². The van der Waals surface area contributed by atoms with Gasteiger partial charge < -0.3 is 19.7 Å². The van der Waals surface area contributed by atoms with E-state index in [4.69, 9.17) is 32.7 Å². The number of carbonyl (C=O) groups excluding carboxylic acids is 2. The molecule has 1 heterocycles. The van der Waals surface area contributed by atoms with Gasteiger partial charge in [-0.25, -0.2) is 8.42 Å². The van der Waals surface area contributed by atoms with E-state index in [9.17, 15) is 18.0 Å². The van der Waals surface area contributed by atoms with Gasteiger partial charge in [0.15, 0.2) is 11.5 Å². The number of fused-ring (bicyclic) bond motifs is 1. The summed E-state index contributed by atoms with van der Waals surface area (Å²) in [5.41, 5.74) is 0.718. The minimum Gasteiger partial charge on any atom is -0.486 e. The van der Waals surface area contributed by atoms with E-state index in [1.165, 1.54) is 17.9 Å². The van der Waals surface area contributed by atoms with Gasteiger partial charge in [0.25, 0.3) is 0 Å². The number of sulfonamides is 1. The second-order valence-electron chi connectivity index (χ2n) is 9.20. The maximum absolute atomic E-state index is 14.0. The van der Waals surface area contributed by atoms with Crippen LogP contribution in [0, 0.1) is 0 Å². The molecular formula is C27H35Cl2N3O6S. The highest BCUT2D eigenvalue weighted by molar-refractivity contribution is 7.92. The normalized spacial score (nSPS) is 14.3. The van der Waals surface area contributed by atoms with Gasteiger partial charge in [-0.05, 0) is 51.0 Å². The Bertz CT molecular complexity index is 1270.